The maximum absolute atomic E-state index is 9.98. The summed E-state index contributed by atoms with van der Waals surface area (Å²) in [6.07, 6.45) is -1.06. The lowest BCUT2D eigenvalue weighted by atomic mass is 10.1. The van der Waals surface area contributed by atoms with Crippen LogP contribution < -0.4 is 0 Å². The summed E-state index contributed by atoms with van der Waals surface area (Å²) in [7, 11) is 0. The van der Waals surface area contributed by atoms with E-state index in [0.29, 0.717) is 11.2 Å². The Morgan fingerprint density at radius 1 is 1.26 bits per heavy atom. The monoisotopic (exact) mass is 266 g/mol. The Labute approximate surface area is 108 Å². The molecule has 8 nitrogen and oxygen atoms in total. The van der Waals surface area contributed by atoms with Gasteiger partial charge in [0.2, 0.25) is 0 Å². The van der Waals surface area contributed by atoms with Crippen molar-refractivity contribution in [3.05, 3.63) is 18.3 Å². The number of hydrogen-bond donors (Lipinski definition) is 3. The molecule has 8 heteroatoms. The Bertz CT molecular complexity index is 601. The van der Waals surface area contributed by atoms with Crippen molar-refractivity contribution in [2.24, 2.45) is 0 Å². The topological polar surface area (TPSA) is 114 Å². The van der Waals surface area contributed by atoms with E-state index in [4.69, 9.17) is 9.84 Å². The zero-order valence-corrected chi connectivity index (χ0v) is 10.2. The molecule has 3 rings (SSSR count). The first kappa shape index (κ1) is 12.4. The first-order valence-corrected chi connectivity index (χ1v) is 5.90. The molecule has 1 unspecified atom stereocenters. The van der Waals surface area contributed by atoms with Crippen molar-refractivity contribution in [1.29, 1.82) is 0 Å². The summed E-state index contributed by atoms with van der Waals surface area (Å²) in [6, 6.07) is 0. The van der Waals surface area contributed by atoms with E-state index < -0.39 is 24.5 Å². The van der Waals surface area contributed by atoms with Crippen molar-refractivity contribution >= 4 is 11.2 Å². The predicted molar refractivity (Wildman–Crippen MR) is 63.1 cm³/mol. The van der Waals surface area contributed by atoms with Gasteiger partial charge in [0.1, 0.15) is 30.2 Å². The number of rotatable bonds is 2. The zero-order chi connectivity index (χ0) is 13.6. The van der Waals surface area contributed by atoms with E-state index >= 15 is 0 Å². The number of aliphatic hydroxyl groups excluding tert-OH is 3. The normalized spacial score (nSPS) is 31.2. The molecular formula is C11H14N4O4. The molecule has 0 aliphatic carbocycles. The van der Waals surface area contributed by atoms with Crippen LogP contribution >= 0.6 is 0 Å². The maximum Gasteiger partial charge on any atom is 0.165 e. The molecule has 0 spiro atoms. The van der Waals surface area contributed by atoms with Gasteiger partial charge in [-0.15, -0.1) is 0 Å². The summed E-state index contributed by atoms with van der Waals surface area (Å²) >= 11 is 0. The minimum absolute atomic E-state index is 0.366. The standard InChI is InChI=1S/C11H14N4O4/c1-5-7-10(13-3-12-5)15(4-14-7)11-9(18)8(17)6(2-16)19-11/h3-4,6,8-9,11,16-18H,2H2,1H3/t6-,8+,9?,11-/m1/s1. The molecule has 2 aromatic heterocycles. The number of hydrogen-bond acceptors (Lipinski definition) is 7. The van der Waals surface area contributed by atoms with Crippen molar-refractivity contribution in [1.82, 2.24) is 19.5 Å². The molecule has 3 N–H and O–H groups in total. The van der Waals surface area contributed by atoms with E-state index in [-0.39, 0.29) is 6.61 Å². The van der Waals surface area contributed by atoms with Gasteiger partial charge < -0.3 is 20.1 Å². The molecule has 3 heterocycles. The first-order chi connectivity index (χ1) is 9.13. The number of fused-ring (bicyclic) bond motifs is 1. The molecule has 2 aromatic rings. The molecule has 0 aromatic carbocycles. The summed E-state index contributed by atoms with van der Waals surface area (Å²) in [6.45, 7) is 1.44. The second kappa shape index (κ2) is 4.49. The minimum atomic E-state index is -1.15. The fraction of sp³-hybridized carbons (Fsp3) is 0.545. The number of aromatic nitrogens is 4. The largest absolute Gasteiger partial charge is 0.394 e. The third-order valence-electron chi connectivity index (χ3n) is 3.33. The van der Waals surface area contributed by atoms with Gasteiger partial charge in [0.05, 0.1) is 18.6 Å². The third-order valence-corrected chi connectivity index (χ3v) is 3.33. The van der Waals surface area contributed by atoms with Crippen LogP contribution in [-0.2, 0) is 4.74 Å². The van der Waals surface area contributed by atoms with Crippen LogP contribution in [0.4, 0.5) is 0 Å². The van der Waals surface area contributed by atoms with E-state index in [2.05, 4.69) is 15.0 Å². The van der Waals surface area contributed by atoms with Crippen molar-refractivity contribution in [2.75, 3.05) is 6.61 Å². The number of imidazole rings is 1. The molecule has 1 saturated heterocycles. The summed E-state index contributed by atoms with van der Waals surface area (Å²) in [5, 5.41) is 28.8. The van der Waals surface area contributed by atoms with Gasteiger partial charge in [0, 0.05) is 0 Å². The Morgan fingerprint density at radius 3 is 2.74 bits per heavy atom. The highest BCUT2D eigenvalue weighted by atomic mass is 16.6. The van der Waals surface area contributed by atoms with Gasteiger partial charge in [-0.3, -0.25) is 4.57 Å². The average molecular weight is 266 g/mol. The molecule has 1 aliphatic heterocycles. The van der Waals surface area contributed by atoms with Crippen LogP contribution in [-0.4, -0.2) is 59.8 Å². The highest BCUT2D eigenvalue weighted by molar-refractivity contribution is 5.72. The van der Waals surface area contributed by atoms with Crippen molar-refractivity contribution < 1.29 is 20.1 Å². The van der Waals surface area contributed by atoms with Gasteiger partial charge >= 0.3 is 0 Å². The minimum Gasteiger partial charge on any atom is -0.394 e. The summed E-state index contributed by atoms with van der Waals surface area (Å²) in [5.41, 5.74) is 1.85. The lowest BCUT2D eigenvalue weighted by Crippen LogP contribution is -2.33. The molecule has 0 bridgehead atoms. The number of aryl methyl sites for hydroxylation is 1. The van der Waals surface area contributed by atoms with Crippen LogP contribution in [0.3, 0.4) is 0 Å². The third kappa shape index (κ3) is 1.80. The Balaban J connectivity index is 2.04. The highest BCUT2D eigenvalue weighted by Crippen LogP contribution is 2.31. The van der Waals surface area contributed by atoms with Crippen LogP contribution in [0.2, 0.25) is 0 Å². The molecule has 102 valence electrons. The van der Waals surface area contributed by atoms with E-state index in [0.717, 1.165) is 5.69 Å². The number of nitrogens with zero attached hydrogens (tertiary/aromatic N) is 4. The van der Waals surface area contributed by atoms with E-state index in [9.17, 15) is 10.2 Å². The smallest absolute Gasteiger partial charge is 0.165 e. The number of aliphatic hydroxyl groups is 3. The molecule has 0 saturated carbocycles. The molecule has 4 atom stereocenters. The van der Waals surface area contributed by atoms with Crippen LogP contribution in [0, 0.1) is 6.92 Å². The molecular weight excluding hydrogens is 252 g/mol. The Morgan fingerprint density at radius 2 is 2.05 bits per heavy atom. The van der Waals surface area contributed by atoms with Crippen LogP contribution in [0.25, 0.3) is 11.2 Å². The maximum atomic E-state index is 9.98. The molecule has 0 radical (unpaired) electrons. The van der Waals surface area contributed by atoms with Crippen molar-refractivity contribution in [3.63, 3.8) is 0 Å². The Kier molecular flexibility index (Phi) is 2.94. The van der Waals surface area contributed by atoms with Crippen LogP contribution in [0.5, 0.6) is 0 Å². The van der Waals surface area contributed by atoms with Gasteiger partial charge in [-0.25, -0.2) is 15.0 Å². The van der Waals surface area contributed by atoms with Crippen LogP contribution in [0.15, 0.2) is 12.7 Å². The van der Waals surface area contributed by atoms with E-state index in [1.807, 2.05) is 0 Å². The molecule has 19 heavy (non-hydrogen) atoms. The van der Waals surface area contributed by atoms with E-state index in [1.165, 1.54) is 17.2 Å². The lowest BCUT2D eigenvalue weighted by Gasteiger charge is -2.16. The van der Waals surface area contributed by atoms with Gasteiger partial charge in [0.25, 0.3) is 0 Å². The highest BCUT2D eigenvalue weighted by Gasteiger charge is 2.43. The van der Waals surface area contributed by atoms with Crippen molar-refractivity contribution in [3.8, 4) is 0 Å². The zero-order valence-electron chi connectivity index (χ0n) is 10.2. The first-order valence-electron chi connectivity index (χ1n) is 5.90. The van der Waals surface area contributed by atoms with Gasteiger partial charge in [-0.1, -0.05) is 0 Å². The van der Waals surface area contributed by atoms with E-state index in [1.54, 1.807) is 6.92 Å². The molecule has 1 fully saturated rings. The SMILES string of the molecule is Cc1ncnc2c1ncn2[C@@H]1O[C@H](CO)[C@H](O)C1O. The van der Waals surface area contributed by atoms with Gasteiger partial charge in [0.15, 0.2) is 11.9 Å². The van der Waals surface area contributed by atoms with Gasteiger partial charge in [-0.2, -0.15) is 0 Å². The fourth-order valence-electron chi connectivity index (χ4n) is 2.27. The average Bonchev–Trinajstić information content (AvgIpc) is 2.94. The van der Waals surface area contributed by atoms with Gasteiger partial charge in [-0.05, 0) is 6.92 Å². The second-order valence-electron chi connectivity index (χ2n) is 4.51. The second-order valence-corrected chi connectivity index (χ2v) is 4.51. The summed E-state index contributed by atoms with van der Waals surface area (Å²) in [4.78, 5) is 12.3. The lowest BCUT2D eigenvalue weighted by molar-refractivity contribution is -0.0511. The summed E-state index contributed by atoms with van der Waals surface area (Å²) < 4.78 is 6.98. The van der Waals surface area contributed by atoms with Crippen molar-refractivity contribution in [2.45, 2.75) is 31.5 Å². The Hall–Kier alpha value is -1.61. The van der Waals surface area contributed by atoms with Crippen LogP contribution in [0.1, 0.15) is 11.9 Å². The summed E-state index contributed by atoms with van der Waals surface area (Å²) in [5.74, 6) is 0. The predicted octanol–water partition coefficient (Wildman–Crippen LogP) is -1.25. The molecule has 0 amide bonds. The molecule has 1 aliphatic rings. The fourth-order valence-corrected chi connectivity index (χ4v) is 2.27. The quantitative estimate of drug-likeness (QED) is 0.622. The number of ether oxygens (including phenoxy) is 1.